The summed E-state index contributed by atoms with van der Waals surface area (Å²) < 4.78 is 26.4. The fourth-order valence-electron chi connectivity index (χ4n) is 4.41. The van der Waals surface area contributed by atoms with Crippen molar-refractivity contribution >= 4 is 26.6 Å². The molecule has 5 rings (SSSR count). The van der Waals surface area contributed by atoms with E-state index in [2.05, 4.69) is 27.0 Å². The van der Waals surface area contributed by atoms with Gasteiger partial charge in [-0.3, -0.25) is 9.78 Å². The van der Waals surface area contributed by atoms with E-state index in [4.69, 9.17) is 0 Å². The molecule has 7 heteroatoms. The molecule has 1 amide bonds. The fraction of sp³-hybridized carbons (Fsp3) is 0.286. The van der Waals surface area contributed by atoms with Gasteiger partial charge >= 0.3 is 0 Å². The highest BCUT2D eigenvalue weighted by Crippen LogP contribution is 2.40. The SMILES string of the molecule is CCS(=O)(=O)c1ccc(CNC(=O)c2ccc3c(c2)cc(Cc2ccc(C)nc2)n3C2CC2)cc1. The van der Waals surface area contributed by atoms with Crippen LogP contribution in [0.4, 0.5) is 0 Å². The van der Waals surface area contributed by atoms with Crippen LogP contribution in [0.5, 0.6) is 0 Å². The van der Waals surface area contributed by atoms with Crippen molar-refractivity contribution in [2.24, 2.45) is 0 Å². The Labute approximate surface area is 205 Å². The minimum Gasteiger partial charge on any atom is -0.348 e. The van der Waals surface area contributed by atoms with Gasteiger partial charge in [0.2, 0.25) is 0 Å². The molecule has 6 nitrogen and oxygen atoms in total. The van der Waals surface area contributed by atoms with Crippen LogP contribution in [-0.2, 0) is 22.8 Å². The Bertz CT molecular complexity index is 1480. The fourth-order valence-corrected chi connectivity index (χ4v) is 5.30. The van der Waals surface area contributed by atoms with Gasteiger partial charge in [0.05, 0.1) is 10.6 Å². The monoisotopic (exact) mass is 487 g/mol. The maximum absolute atomic E-state index is 12.9. The summed E-state index contributed by atoms with van der Waals surface area (Å²) >= 11 is 0. The van der Waals surface area contributed by atoms with Gasteiger partial charge in [-0.05, 0) is 73.4 Å². The van der Waals surface area contributed by atoms with E-state index in [1.807, 2.05) is 37.4 Å². The molecule has 180 valence electrons. The van der Waals surface area contributed by atoms with Crippen molar-refractivity contribution in [1.29, 1.82) is 0 Å². The number of carbonyl (C=O) groups excluding carboxylic acids is 1. The molecule has 35 heavy (non-hydrogen) atoms. The van der Waals surface area contributed by atoms with Crippen molar-refractivity contribution < 1.29 is 13.2 Å². The lowest BCUT2D eigenvalue weighted by Crippen LogP contribution is -2.22. The number of hydrogen-bond donors (Lipinski definition) is 1. The van der Waals surface area contributed by atoms with Crippen molar-refractivity contribution in [3.05, 3.63) is 94.9 Å². The molecule has 2 aromatic carbocycles. The van der Waals surface area contributed by atoms with Crippen LogP contribution in [0.1, 0.15) is 58.7 Å². The zero-order chi connectivity index (χ0) is 24.6. The van der Waals surface area contributed by atoms with E-state index >= 15 is 0 Å². The highest BCUT2D eigenvalue weighted by Gasteiger charge is 2.27. The van der Waals surface area contributed by atoms with E-state index in [1.165, 1.54) is 24.1 Å². The standard InChI is InChI=1S/C28H29N3O3S/c1-3-35(33,34)26-11-6-20(7-12-26)17-30-28(32)22-8-13-27-23(15-22)16-25(31(27)24-9-10-24)14-21-5-4-19(2)29-18-21/h4-8,11-13,15-16,18,24H,3,9-10,14,17H2,1-2H3,(H,30,32). The highest BCUT2D eigenvalue weighted by atomic mass is 32.2. The molecule has 0 bridgehead atoms. The summed E-state index contributed by atoms with van der Waals surface area (Å²) in [5.74, 6) is -0.0851. The van der Waals surface area contributed by atoms with Crippen LogP contribution in [0.15, 0.2) is 71.8 Å². The maximum Gasteiger partial charge on any atom is 0.251 e. The molecule has 0 radical (unpaired) electrons. The minimum atomic E-state index is -3.23. The average molecular weight is 488 g/mol. The van der Waals surface area contributed by atoms with Gasteiger partial charge < -0.3 is 9.88 Å². The van der Waals surface area contributed by atoms with E-state index in [0.717, 1.165) is 28.6 Å². The quantitative estimate of drug-likeness (QED) is 0.380. The number of pyridine rings is 1. The molecule has 1 fully saturated rings. The van der Waals surface area contributed by atoms with Crippen LogP contribution in [0, 0.1) is 6.92 Å². The molecule has 1 N–H and O–H groups in total. The van der Waals surface area contributed by atoms with Gasteiger partial charge in [0.15, 0.2) is 9.84 Å². The highest BCUT2D eigenvalue weighted by molar-refractivity contribution is 7.91. The number of benzene rings is 2. The van der Waals surface area contributed by atoms with Crippen LogP contribution in [0.25, 0.3) is 10.9 Å². The summed E-state index contributed by atoms with van der Waals surface area (Å²) in [6, 6.07) is 19.4. The van der Waals surface area contributed by atoms with Crippen molar-refractivity contribution in [2.45, 2.75) is 50.6 Å². The first kappa shape index (κ1) is 23.3. The second kappa shape index (κ2) is 9.30. The van der Waals surface area contributed by atoms with Gasteiger partial charge in [0.25, 0.3) is 5.91 Å². The number of hydrogen-bond acceptors (Lipinski definition) is 4. The Morgan fingerprint density at radius 2 is 1.77 bits per heavy atom. The number of rotatable bonds is 8. The normalized spacial score (nSPS) is 13.8. The topological polar surface area (TPSA) is 81.1 Å². The van der Waals surface area contributed by atoms with Crippen molar-refractivity contribution in [2.75, 3.05) is 5.75 Å². The van der Waals surface area contributed by atoms with Crippen LogP contribution in [-0.4, -0.2) is 29.6 Å². The first-order valence-corrected chi connectivity index (χ1v) is 13.6. The molecule has 2 aromatic heterocycles. The molecule has 1 aliphatic carbocycles. The molecule has 0 atom stereocenters. The van der Waals surface area contributed by atoms with Crippen molar-refractivity contribution in [1.82, 2.24) is 14.9 Å². The third-order valence-electron chi connectivity index (χ3n) is 6.57. The van der Waals surface area contributed by atoms with Gasteiger partial charge in [-0.25, -0.2) is 8.42 Å². The lowest BCUT2D eigenvalue weighted by atomic mass is 10.1. The minimum absolute atomic E-state index is 0.0671. The van der Waals surface area contributed by atoms with E-state index in [0.29, 0.717) is 23.0 Å². The molecule has 4 aromatic rings. The molecule has 1 saturated carbocycles. The summed E-state index contributed by atoms with van der Waals surface area (Å²) in [7, 11) is -3.23. The Morgan fingerprint density at radius 3 is 2.43 bits per heavy atom. The largest absolute Gasteiger partial charge is 0.348 e. The molecule has 0 spiro atoms. The van der Waals surface area contributed by atoms with Gasteiger partial charge in [-0.15, -0.1) is 0 Å². The van der Waals surface area contributed by atoms with Crippen LogP contribution >= 0.6 is 0 Å². The van der Waals surface area contributed by atoms with Crippen LogP contribution in [0.3, 0.4) is 0 Å². The van der Waals surface area contributed by atoms with Gasteiger partial charge in [-0.2, -0.15) is 0 Å². The smallest absolute Gasteiger partial charge is 0.251 e. The van der Waals surface area contributed by atoms with E-state index < -0.39 is 9.84 Å². The van der Waals surface area contributed by atoms with Gasteiger partial charge in [0, 0.05) is 53.1 Å². The molecule has 2 heterocycles. The summed E-state index contributed by atoms with van der Waals surface area (Å²) in [5.41, 5.74) is 6.05. The molecule has 0 unspecified atom stereocenters. The van der Waals surface area contributed by atoms with Crippen LogP contribution < -0.4 is 5.32 Å². The number of sulfone groups is 1. The first-order chi connectivity index (χ1) is 16.8. The average Bonchev–Trinajstić information content (AvgIpc) is 3.64. The second-order valence-corrected chi connectivity index (χ2v) is 11.5. The molecular weight excluding hydrogens is 458 g/mol. The van der Waals surface area contributed by atoms with Crippen LogP contribution in [0.2, 0.25) is 0 Å². The van der Waals surface area contributed by atoms with Crippen molar-refractivity contribution in [3.8, 4) is 0 Å². The number of nitrogens with zero attached hydrogens (tertiary/aromatic N) is 2. The van der Waals surface area contributed by atoms with E-state index in [-0.39, 0.29) is 11.7 Å². The lowest BCUT2D eigenvalue weighted by molar-refractivity contribution is 0.0951. The Hall–Kier alpha value is -3.45. The van der Waals surface area contributed by atoms with E-state index in [1.54, 1.807) is 31.2 Å². The molecule has 0 saturated heterocycles. The Balaban J connectivity index is 1.33. The number of carbonyl (C=O) groups is 1. The first-order valence-electron chi connectivity index (χ1n) is 12.0. The summed E-state index contributed by atoms with van der Waals surface area (Å²) in [6.45, 7) is 3.95. The zero-order valence-electron chi connectivity index (χ0n) is 20.0. The Morgan fingerprint density at radius 1 is 1.03 bits per heavy atom. The number of nitrogens with one attached hydrogen (secondary N) is 1. The zero-order valence-corrected chi connectivity index (χ0v) is 20.8. The third-order valence-corrected chi connectivity index (χ3v) is 8.32. The predicted octanol–water partition coefficient (Wildman–Crippen LogP) is 4.99. The molecule has 1 aliphatic rings. The van der Waals surface area contributed by atoms with Gasteiger partial charge in [0.1, 0.15) is 0 Å². The second-order valence-electron chi connectivity index (χ2n) is 9.23. The predicted molar refractivity (Wildman–Crippen MR) is 137 cm³/mol. The molecule has 0 aliphatic heterocycles. The number of amides is 1. The summed E-state index contributed by atoms with van der Waals surface area (Å²) in [5, 5.41) is 4.01. The Kier molecular flexibility index (Phi) is 6.19. The maximum atomic E-state index is 12.9. The van der Waals surface area contributed by atoms with E-state index in [9.17, 15) is 13.2 Å². The number of aromatic nitrogens is 2. The summed E-state index contributed by atoms with van der Waals surface area (Å²) in [4.78, 5) is 17.6. The number of aryl methyl sites for hydroxylation is 1. The molecular formula is C28H29N3O3S. The van der Waals surface area contributed by atoms with Gasteiger partial charge in [-0.1, -0.05) is 25.1 Å². The lowest BCUT2D eigenvalue weighted by Gasteiger charge is -2.10. The third kappa shape index (κ3) is 5.00. The summed E-state index contributed by atoms with van der Waals surface area (Å²) in [6.07, 6.45) is 5.12. The number of fused-ring (bicyclic) bond motifs is 1. The van der Waals surface area contributed by atoms with Crippen molar-refractivity contribution in [3.63, 3.8) is 0 Å².